The van der Waals surface area contributed by atoms with Crippen LogP contribution in [0.25, 0.3) is 0 Å². The number of hydrogen-bond donors (Lipinski definition) is 1. The van der Waals surface area contributed by atoms with Gasteiger partial charge in [-0.3, -0.25) is 4.68 Å². The second-order valence-electron chi connectivity index (χ2n) is 3.50. The van der Waals surface area contributed by atoms with Crippen molar-refractivity contribution < 1.29 is 0 Å². The third-order valence-electron chi connectivity index (χ3n) is 2.02. The quantitative estimate of drug-likeness (QED) is 0.882. The van der Waals surface area contributed by atoms with Gasteiger partial charge < -0.3 is 5.32 Å². The zero-order chi connectivity index (χ0) is 11.4. The second-order valence-corrected chi connectivity index (χ2v) is 3.93. The van der Waals surface area contributed by atoms with Crippen molar-refractivity contribution in [2.24, 2.45) is 0 Å². The van der Waals surface area contributed by atoms with Crippen LogP contribution in [0.4, 0.5) is 5.95 Å². The third kappa shape index (κ3) is 2.93. The first-order valence-corrected chi connectivity index (χ1v) is 5.33. The molecule has 0 saturated carbocycles. The first kappa shape index (κ1) is 10.9. The molecule has 0 fully saturated rings. The van der Waals surface area contributed by atoms with Gasteiger partial charge in [0.15, 0.2) is 0 Å². The maximum absolute atomic E-state index is 5.70. The Morgan fingerprint density at radius 3 is 2.81 bits per heavy atom. The van der Waals surface area contributed by atoms with Gasteiger partial charge in [-0.2, -0.15) is 5.10 Å². The average molecular weight is 238 g/mol. The number of anilines is 1. The first-order chi connectivity index (χ1) is 7.74. The summed E-state index contributed by atoms with van der Waals surface area (Å²) in [5.74, 6) is 0.573. The van der Waals surface area contributed by atoms with Crippen LogP contribution in [0, 0.1) is 0 Å². The normalized spacial score (nSPS) is 12.4. The molecule has 0 bridgehead atoms. The molecule has 16 heavy (non-hydrogen) atoms. The molecule has 0 spiro atoms. The summed E-state index contributed by atoms with van der Waals surface area (Å²) in [6, 6.07) is 2.09. The number of aromatic nitrogens is 4. The fourth-order valence-corrected chi connectivity index (χ4v) is 1.44. The van der Waals surface area contributed by atoms with Crippen molar-refractivity contribution in [3.05, 3.63) is 35.9 Å². The average Bonchev–Trinajstić information content (AvgIpc) is 2.74. The third-order valence-corrected chi connectivity index (χ3v) is 2.21. The van der Waals surface area contributed by atoms with E-state index in [4.69, 9.17) is 11.6 Å². The van der Waals surface area contributed by atoms with E-state index in [2.05, 4.69) is 20.4 Å². The van der Waals surface area contributed by atoms with E-state index < -0.39 is 0 Å². The molecule has 2 heterocycles. The molecule has 0 radical (unpaired) electrons. The van der Waals surface area contributed by atoms with Gasteiger partial charge in [0.05, 0.1) is 24.0 Å². The van der Waals surface area contributed by atoms with E-state index in [0.717, 1.165) is 6.54 Å². The molecule has 2 aromatic rings. The van der Waals surface area contributed by atoms with Gasteiger partial charge in [0.2, 0.25) is 5.95 Å². The molecule has 2 aromatic heterocycles. The molecule has 2 rings (SSSR count). The molecule has 0 saturated heterocycles. The summed E-state index contributed by atoms with van der Waals surface area (Å²) in [5.41, 5.74) is 0. The van der Waals surface area contributed by atoms with Gasteiger partial charge in [-0.15, -0.1) is 0 Å². The Morgan fingerprint density at radius 2 is 2.19 bits per heavy atom. The zero-order valence-electron chi connectivity index (χ0n) is 8.84. The molecule has 84 valence electrons. The summed E-state index contributed by atoms with van der Waals surface area (Å²) < 4.78 is 1.85. The molecule has 0 aliphatic rings. The minimum atomic E-state index is 0.195. The SMILES string of the molecule is CC(Cn1cccn1)Nc1ncc(Cl)cn1. The highest BCUT2D eigenvalue weighted by Gasteiger charge is 2.04. The summed E-state index contributed by atoms with van der Waals surface area (Å²) in [6.45, 7) is 2.80. The van der Waals surface area contributed by atoms with Crippen LogP contribution in [0.1, 0.15) is 6.92 Å². The van der Waals surface area contributed by atoms with Crippen molar-refractivity contribution >= 4 is 17.5 Å². The van der Waals surface area contributed by atoms with Crippen molar-refractivity contribution in [1.29, 1.82) is 0 Å². The van der Waals surface area contributed by atoms with E-state index in [0.29, 0.717) is 11.0 Å². The summed E-state index contributed by atoms with van der Waals surface area (Å²) in [7, 11) is 0. The largest absolute Gasteiger partial charge is 0.350 e. The smallest absolute Gasteiger partial charge is 0.222 e. The molecular weight excluding hydrogens is 226 g/mol. The van der Waals surface area contributed by atoms with Gasteiger partial charge in [0.1, 0.15) is 0 Å². The predicted octanol–water partition coefficient (Wildman–Crippen LogP) is 1.83. The fraction of sp³-hybridized carbons (Fsp3) is 0.300. The molecule has 0 amide bonds. The van der Waals surface area contributed by atoms with Gasteiger partial charge in [0.25, 0.3) is 0 Å². The second kappa shape index (κ2) is 4.94. The lowest BCUT2D eigenvalue weighted by Crippen LogP contribution is -2.23. The number of nitrogens with one attached hydrogen (secondary N) is 1. The van der Waals surface area contributed by atoms with Crippen LogP contribution in [0.2, 0.25) is 5.02 Å². The van der Waals surface area contributed by atoms with Crippen LogP contribution in [0.15, 0.2) is 30.9 Å². The van der Waals surface area contributed by atoms with Crippen LogP contribution < -0.4 is 5.32 Å². The standard InChI is InChI=1S/C10H12ClN5/c1-8(7-16-4-2-3-14-16)15-10-12-5-9(11)6-13-10/h2-6,8H,7H2,1H3,(H,12,13,15). The highest BCUT2D eigenvalue weighted by Crippen LogP contribution is 2.06. The maximum Gasteiger partial charge on any atom is 0.222 e. The number of rotatable bonds is 4. The predicted molar refractivity (Wildman–Crippen MR) is 62.4 cm³/mol. The lowest BCUT2D eigenvalue weighted by molar-refractivity contribution is 0.558. The van der Waals surface area contributed by atoms with E-state index in [1.165, 1.54) is 0 Å². The van der Waals surface area contributed by atoms with E-state index in [1.807, 2.05) is 23.9 Å². The zero-order valence-corrected chi connectivity index (χ0v) is 9.59. The Kier molecular flexibility index (Phi) is 3.36. The van der Waals surface area contributed by atoms with Gasteiger partial charge in [-0.1, -0.05) is 11.6 Å². The van der Waals surface area contributed by atoms with Gasteiger partial charge in [-0.05, 0) is 13.0 Å². The van der Waals surface area contributed by atoms with Crippen LogP contribution >= 0.6 is 11.6 Å². The monoisotopic (exact) mass is 237 g/mol. The van der Waals surface area contributed by atoms with Crippen molar-refractivity contribution in [2.45, 2.75) is 19.5 Å². The molecule has 0 aliphatic heterocycles. The summed E-state index contributed by atoms with van der Waals surface area (Å²) >= 11 is 5.70. The lowest BCUT2D eigenvalue weighted by Gasteiger charge is -2.13. The van der Waals surface area contributed by atoms with Crippen LogP contribution in [-0.4, -0.2) is 25.8 Å². The fourth-order valence-electron chi connectivity index (χ4n) is 1.34. The molecule has 1 N–H and O–H groups in total. The van der Waals surface area contributed by atoms with E-state index in [-0.39, 0.29) is 6.04 Å². The molecule has 1 atom stereocenters. The van der Waals surface area contributed by atoms with Gasteiger partial charge in [-0.25, -0.2) is 9.97 Å². The Hall–Kier alpha value is -1.62. The molecular formula is C10H12ClN5. The van der Waals surface area contributed by atoms with Crippen LogP contribution in [-0.2, 0) is 6.54 Å². The van der Waals surface area contributed by atoms with Crippen molar-refractivity contribution in [1.82, 2.24) is 19.7 Å². The topological polar surface area (TPSA) is 55.6 Å². The Morgan fingerprint density at radius 1 is 1.44 bits per heavy atom. The summed E-state index contributed by atoms with van der Waals surface area (Å²) in [5, 5.41) is 7.83. The number of hydrogen-bond acceptors (Lipinski definition) is 4. The first-order valence-electron chi connectivity index (χ1n) is 4.95. The molecule has 6 heteroatoms. The number of halogens is 1. The van der Waals surface area contributed by atoms with Crippen molar-refractivity contribution in [3.63, 3.8) is 0 Å². The van der Waals surface area contributed by atoms with Crippen molar-refractivity contribution in [3.8, 4) is 0 Å². The van der Waals surface area contributed by atoms with Crippen molar-refractivity contribution in [2.75, 3.05) is 5.32 Å². The van der Waals surface area contributed by atoms with Gasteiger partial charge >= 0.3 is 0 Å². The summed E-state index contributed by atoms with van der Waals surface area (Å²) in [6.07, 6.45) is 6.81. The van der Waals surface area contributed by atoms with E-state index in [9.17, 15) is 0 Å². The minimum Gasteiger partial charge on any atom is -0.350 e. The molecule has 0 aromatic carbocycles. The molecule has 5 nitrogen and oxygen atoms in total. The molecule has 1 unspecified atom stereocenters. The molecule has 0 aliphatic carbocycles. The lowest BCUT2D eigenvalue weighted by atomic mass is 10.3. The summed E-state index contributed by atoms with van der Waals surface area (Å²) in [4.78, 5) is 8.13. The number of nitrogens with zero attached hydrogens (tertiary/aromatic N) is 4. The van der Waals surface area contributed by atoms with Crippen LogP contribution in [0.5, 0.6) is 0 Å². The van der Waals surface area contributed by atoms with E-state index >= 15 is 0 Å². The highest BCUT2D eigenvalue weighted by molar-refractivity contribution is 6.30. The van der Waals surface area contributed by atoms with Crippen LogP contribution in [0.3, 0.4) is 0 Å². The Labute approximate surface area is 98.5 Å². The minimum absolute atomic E-state index is 0.195. The highest BCUT2D eigenvalue weighted by atomic mass is 35.5. The van der Waals surface area contributed by atoms with E-state index in [1.54, 1.807) is 18.6 Å². The Bertz CT molecular complexity index is 425. The van der Waals surface area contributed by atoms with Gasteiger partial charge in [0, 0.05) is 18.4 Å². The Balaban J connectivity index is 1.92. The maximum atomic E-state index is 5.70.